The molecule has 3 aliphatic heterocycles. The fourth-order valence-corrected chi connectivity index (χ4v) is 4.98. The summed E-state index contributed by atoms with van der Waals surface area (Å²) in [7, 11) is 0. The standard InChI is InChI=1S/C22H32N2O4/c25-18-5-3-17(4-6-18)12-21(27)24-10-7-22(8-11-24)13-20(28-16-22)15-23-9-1-2-19(26)14-23/h3-6,19-20,25-26H,1-2,7-16H2/t19-,20-/m1/s1. The van der Waals surface area contributed by atoms with Crippen molar-refractivity contribution < 1.29 is 19.7 Å². The predicted molar refractivity (Wildman–Crippen MR) is 106 cm³/mol. The normalized spacial score (nSPS) is 28.0. The van der Waals surface area contributed by atoms with Gasteiger partial charge >= 0.3 is 0 Å². The summed E-state index contributed by atoms with van der Waals surface area (Å²) in [6, 6.07) is 6.88. The first-order chi connectivity index (χ1) is 13.5. The molecule has 6 heteroatoms. The summed E-state index contributed by atoms with van der Waals surface area (Å²) in [6.45, 7) is 5.15. The third-order valence-corrected chi connectivity index (χ3v) is 6.70. The Hall–Kier alpha value is -1.63. The first-order valence-electron chi connectivity index (χ1n) is 10.6. The van der Waals surface area contributed by atoms with Crippen LogP contribution >= 0.6 is 0 Å². The number of hydrogen-bond donors (Lipinski definition) is 2. The lowest BCUT2D eigenvalue weighted by Crippen LogP contribution is -2.44. The molecular formula is C22H32N2O4. The molecule has 1 aromatic carbocycles. The van der Waals surface area contributed by atoms with Crippen molar-refractivity contribution in [2.24, 2.45) is 5.41 Å². The molecule has 154 valence electrons. The molecule has 3 fully saturated rings. The molecule has 0 unspecified atom stereocenters. The molecule has 1 spiro atoms. The van der Waals surface area contributed by atoms with Gasteiger partial charge in [-0.3, -0.25) is 9.69 Å². The van der Waals surface area contributed by atoms with Gasteiger partial charge in [0.05, 0.1) is 25.2 Å². The van der Waals surface area contributed by atoms with E-state index in [0.29, 0.717) is 6.42 Å². The lowest BCUT2D eigenvalue weighted by atomic mass is 9.76. The van der Waals surface area contributed by atoms with Gasteiger partial charge in [0.25, 0.3) is 0 Å². The Morgan fingerprint density at radius 3 is 2.64 bits per heavy atom. The highest BCUT2D eigenvalue weighted by Crippen LogP contribution is 2.42. The minimum absolute atomic E-state index is 0.165. The van der Waals surface area contributed by atoms with Gasteiger partial charge in [-0.1, -0.05) is 12.1 Å². The van der Waals surface area contributed by atoms with Crippen LogP contribution in [-0.2, 0) is 16.0 Å². The van der Waals surface area contributed by atoms with E-state index in [9.17, 15) is 15.0 Å². The molecule has 0 aromatic heterocycles. The number of aliphatic hydroxyl groups is 1. The number of rotatable bonds is 4. The molecule has 1 aromatic rings. The van der Waals surface area contributed by atoms with Gasteiger partial charge in [0.2, 0.25) is 5.91 Å². The Balaban J connectivity index is 1.24. The monoisotopic (exact) mass is 388 g/mol. The average molecular weight is 389 g/mol. The number of aromatic hydroxyl groups is 1. The Morgan fingerprint density at radius 1 is 1.18 bits per heavy atom. The summed E-state index contributed by atoms with van der Waals surface area (Å²) in [4.78, 5) is 16.9. The van der Waals surface area contributed by atoms with E-state index < -0.39 is 0 Å². The number of amides is 1. The van der Waals surface area contributed by atoms with Crippen LogP contribution in [0, 0.1) is 5.41 Å². The predicted octanol–water partition coefficient (Wildman–Crippen LogP) is 1.79. The van der Waals surface area contributed by atoms with Crippen LogP contribution in [0.15, 0.2) is 24.3 Å². The first-order valence-corrected chi connectivity index (χ1v) is 10.6. The maximum absolute atomic E-state index is 12.6. The highest BCUT2D eigenvalue weighted by Gasteiger charge is 2.43. The van der Waals surface area contributed by atoms with Crippen LogP contribution in [0.2, 0.25) is 0 Å². The summed E-state index contributed by atoms with van der Waals surface area (Å²) in [5, 5.41) is 19.2. The molecule has 0 radical (unpaired) electrons. The van der Waals surface area contributed by atoms with Crippen LogP contribution in [0.5, 0.6) is 5.75 Å². The number of likely N-dealkylation sites (tertiary alicyclic amines) is 2. The third kappa shape index (κ3) is 4.67. The van der Waals surface area contributed by atoms with E-state index in [1.165, 1.54) is 0 Å². The Bertz CT molecular complexity index is 670. The fourth-order valence-electron chi connectivity index (χ4n) is 4.98. The minimum Gasteiger partial charge on any atom is -0.508 e. The molecule has 3 saturated heterocycles. The molecular weight excluding hydrogens is 356 g/mol. The van der Waals surface area contributed by atoms with Crippen LogP contribution in [-0.4, -0.2) is 77.5 Å². The van der Waals surface area contributed by atoms with Crippen molar-refractivity contribution in [3.05, 3.63) is 29.8 Å². The Labute approximate surface area is 167 Å². The van der Waals surface area contributed by atoms with Crippen LogP contribution in [0.25, 0.3) is 0 Å². The maximum Gasteiger partial charge on any atom is 0.226 e. The second-order valence-electron chi connectivity index (χ2n) is 8.92. The molecule has 2 N–H and O–H groups in total. The van der Waals surface area contributed by atoms with Gasteiger partial charge in [0.15, 0.2) is 0 Å². The van der Waals surface area contributed by atoms with Crippen molar-refractivity contribution in [3.8, 4) is 5.75 Å². The zero-order chi connectivity index (χ0) is 19.6. The topological polar surface area (TPSA) is 73.2 Å². The summed E-state index contributed by atoms with van der Waals surface area (Å²) >= 11 is 0. The van der Waals surface area contributed by atoms with Crippen molar-refractivity contribution in [2.75, 3.05) is 39.3 Å². The fraction of sp³-hybridized carbons (Fsp3) is 0.682. The van der Waals surface area contributed by atoms with Crippen molar-refractivity contribution in [1.82, 2.24) is 9.80 Å². The smallest absolute Gasteiger partial charge is 0.226 e. The highest BCUT2D eigenvalue weighted by atomic mass is 16.5. The number of aliphatic hydroxyl groups excluding tert-OH is 1. The molecule has 4 rings (SSSR count). The summed E-state index contributed by atoms with van der Waals surface area (Å²) in [6.07, 6.45) is 5.53. The minimum atomic E-state index is -0.188. The maximum atomic E-state index is 12.6. The number of piperidine rings is 2. The van der Waals surface area contributed by atoms with Gasteiger partial charge in [-0.05, 0) is 61.8 Å². The van der Waals surface area contributed by atoms with E-state index in [1.54, 1.807) is 12.1 Å². The quantitative estimate of drug-likeness (QED) is 0.823. The van der Waals surface area contributed by atoms with E-state index in [0.717, 1.165) is 77.0 Å². The molecule has 6 nitrogen and oxygen atoms in total. The molecule has 0 bridgehead atoms. The van der Waals surface area contributed by atoms with Gasteiger partial charge in [-0.2, -0.15) is 0 Å². The third-order valence-electron chi connectivity index (χ3n) is 6.70. The average Bonchev–Trinajstić information content (AvgIpc) is 3.06. The molecule has 0 saturated carbocycles. The van der Waals surface area contributed by atoms with Crippen molar-refractivity contribution >= 4 is 5.91 Å². The second-order valence-corrected chi connectivity index (χ2v) is 8.92. The number of β-amino-alcohol motifs (C(OH)–C–C–N with tert-alkyl or cyclic N) is 1. The van der Waals surface area contributed by atoms with Crippen molar-refractivity contribution in [1.29, 1.82) is 0 Å². The van der Waals surface area contributed by atoms with Crippen molar-refractivity contribution in [2.45, 2.75) is 50.7 Å². The van der Waals surface area contributed by atoms with Gasteiger partial charge in [-0.25, -0.2) is 0 Å². The largest absolute Gasteiger partial charge is 0.508 e. The van der Waals surface area contributed by atoms with Gasteiger partial charge in [0.1, 0.15) is 5.75 Å². The number of carbonyl (C=O) groups is 1. The first kappa shape index (κ1) is 19.7. The number of carbonyl (C=O) groups excluding carboxylic acids is 1. The van der Waals surface area contributed by atoms with Crippen LogP contribution in [0.3, 0.4) is 0 Å². The number of phenolic OH excluding ortho intramolecular Hbond substituents is 1. The molecule has 3 aliphatic rings. The van der Waals surface area contributed by atoms with Gasteiger partial charge in [0, 0.05) is 26.2 Å². The number of hydrogen-bond acceptors (Lipinski definition) is 5. The lowest BCUT2D eigenvalue weighted by Gasteiger charge is -2.38. The molecule has 3 heterocycles. The molecule has 0 aliphatic carbocycles. The van der Waals surface area contributed by atoms with Crippen LogP contribution in [0.1, 0.15) is 37.7 Å². The summed E-state index contributed by atoms with van der Waals surface area (Å²) in [5.74, 6) is 0.393. The SMILES string of the molecule is O=C(Cc1ccc(O)cc1)N1CCC2(CC1)CO[C@@H](CN1CCC[C@@H](O)C1)C2. The highest BCUT2D eigenvalue weighted by molar-refractivity contribution is 5.78. The van der Waals surface area contributed by atoms with Crippen LogP contribution in [0.4, 0.5) is 0 Å². The van der Waals surface area contributed by atoms with Gasteiger partial charge < -0.3 is 19.8 Å². The van der Waals surface area contributed by atoms with E-state index in [2.05, 4.69) is 4.90 Å². The molecule has 1 amide bonds. The summed E-state index contributed by atoms with van der Waals surface area (Å²) in [5.41, 5.74) is 1.16. The number of ether oxygens (including phenoxy) is 1. The number of phenols is 1. The summed E-state index contributed by atoms with van der Waals surface area (Å²) < 4.78 is 6.14. The number of nitrogens with zero attached hydrogens (tertiary/aromatic N) is 2. The van der Waals surface area contributed by atoms with E-state index in [1.807, 2.05) is 17.0 Å². The lowest BCUT2D eigenvalue weighted by molar-refractivity contribution is -0.132. The van der Waals surface area contributed by atoms with Gasteiger partial charge in [-0.15, -0.1) is 0 Å². The zero-order valence-electron chi connectivity index (χ0n) is 16.6. The second kappa shape index (κ2) is 8.39. The van der Waals surface area contributed by atoms with E-state index in [-0.39, 0.29) is 29.3 Å². The zero-order valence-corrected chi connectivity index (χ0v) is 16.6. The van der Waals surface area contributed by atoms with E-state index in [4.69, 9.17) is 4.74 Å². The van der Waals surface area contributed by atoms with E-state index >= 15 is 0 Å². The molecule has 2 atom stereocenters. The van der Waals surface area contributed by atoms with Crippen molar-refractivity contribution in [3.63, 3.8) is 0 Å². The Kier molecular flexibility index (Phi) is 5.90. The van der Waals surface area contributed by atoms with Crippen LogP contribution < -0.4 is 0 Å². The Morgan fingerprint density at radius 2 is 1.93 bits per heavy atom. The number of benzene rings is 1. The molecule has 28 heavy (non-hydrogen) atoms.